The molecule has 0 aliphatic heterocycles. The van der Waals surface area contributed by atoms with Gasteiger partial charge in [0.05, 0.1) is 13.0 Å². The Morgan fingerprint density at radius 3 is 2.53 bits per heavy atom. The minimum atomic E-state index is -0.276. The van der Waals surface area contributed by atoms with E-state index in [4.69, 9.17) is 9.47 Å². The molecule has 0 aromatic heterocycles. The van der Waals surface area contributed by atoms with Crippen LogP contribution in [0, 0.1) is 0 Å². The maximum absolute atomic E-state index is 11.5. The van der Waals surface area contributed by atoms with E-state index in [1.54, 1.807) is 12.1 Å². The maximum Gasteiger partial charge on any atom is 0.315 e. The largest absolute Gasteiger partial charge is 0.490 e. The van der Waals surface area contributed by atoms with Gasteiger partial charge >= 0.3 is 5.97 Å². The Kier molecular flexibility index (Phi) is 5.86. The monoisotopic (exact) mass is 234 g/mol. The van der Waals surface area contributed by atoms with Gasteiger partial charge in [-0.1, -0.05) is 31.2 Å². The van der Waals surface area contributed by atoms with Gasteiger partial charge in [-0.15, -0.1) is 0 Å². The van der Waals surface area contributed by atoms with E-state index in [2.05, 4.69) is 0 Å². The molecule has 0 unspecified atom stereocenters. The number of ether oxygens (including phenoxy) is 2. The van der Waals surface area contributed by atoms with Gasteiger partial charge in [0, 0.05) is 0 Å². The van der Waals surface area contributed by atoms with Crippen molar-refractivity contribution in [1.29, 1.82) is 0 Å². The Morgan fingerprint density at radius 1 is 1.18 bits per heavy atom. The summed E-state index contributed by atoms with van der Waals surface area (Å²) in [7, 11) is 0. The highest BCUT2D eigenvalue weighted by atomic mass is 16.6. The minimum Gasteiger partial charge on any atom is -0.490 e. The molecule has 0 amide bonds. The van der Waals surface area contributed by atoms with Crippen molar-refractivity contribution < 1.29 is 14.3 Å². The van der Waals surface area contributed by atoms with Crippen LogP contribution in [0.15, 0.2) is 36.4 Å². The maximum atomic E-state index is 11.5. The third-order valence-corrected chi connectivity index (χ3v) is 2.06. The number of carbonyl (C=O) groups excluding carboxylic acids is 1. The molecule has 0 aliphatic rings. The van der Waals surface area contributed by atoms with Crippen LogP contribution in [0.25, 0.3) is 0 Å². The zero-order chi connectivity index (χ0) is 12.5. The summed E-state index contributed by atoms with van der Waals surface area (Å²) in [5.74, 6) is 0.800. The van der Waals surface area contributed by atoms with E-state index in [1.807, 2.05) is 38.1 Å². The number of allylic oxidation sites excluding steroid dienone is 1. The molecule has 1 rings (SSSR count). The van der Waals surface area contributed by atoms with Crippen LogP contribution in [-0.2, 0) is 4.79 Å². The smallest absolute Gasteiger partial charge is 0.315 e. The Labute approximate surface area is 102 Å². The third-order valence-electron chi connectivity index (χ3n) is 2.06. The van der Waals surface area contributed by atoms with Crippen molar-refractivity contribution in [2.45, 2.75) is 26.7 Å². The number of carbonyl (C=O) groups is 1. The van der Waals surface area contributed by atoms with Gasteiger partial charge < -0.3 is 9.47 Å². The first kappa shape index (κ1) is 13.3. The van der Waals surface area contributed by atoms with Gasteiger partial charge in [-0.2, -0.15) is 0 Å². The number of esters is 1. The van der Waals surface area contributed by atoms with Crippen LogP contribution >= 0.6 is 0 Å². The van der Waals surface area contributed by atoms with Gasteiger partial charge in [-0.25, -0.2) is 0 Å². The van der Waals surface area contributed by atoms with Crippen LogP contribution in [0.2, 0.25) is 0 Å². The Bertz CT molecular complexity index is 383. The molecule has 0 saturated heterocycles. The Balaban J connectivity index is 2.61. The average molecular weight is 234 g/mol. The molecule has 3 nitrogen and oxygen atoms in total. The number of para-hydroxylation sites is 2. The standard InChI is InChI=1S/C14H18O3/c1-3-5-6-11-14(15)17-13-10-8-7-9-12(13)16-4-2/h5-10H,3-4,11H2,1-2H3. The van der Waals surface area contributed by atoms with Crippen LogP contribution in [0.5, 0.6) is 11.5 Å². The fraction of sp³-hybridized carbons (Fsp3) is 0.357. The zero-order valence-corrected chi connectivity index (χ0v) is 10.3. The first-order valence-electron chi connectivity index (χ1n) is 5.85. The highest BCUT2D eigenvalue weighted by Crippen LogP contribution is 2.26. The first-order valence-corrected chi connectivity index (χ1v) is 5.85. The summed E-state index contributed by atoms with van der Waals surface area (Å²) in [6.45, 7) is 4.46. The average Bonchev–Trinajstić information content (AvgIpc) is 2.32. The molecule has 92 valence electrons. The lowest BCUT2D eigenvalue weighted by molar-refractivity contribution is -0.133. The molecule has 0 aliphatic carbocycles. The third kappa shape index (κ3) is 4.72. The highest BCUT2D eigenvalue weighted by molar-refractivity contribution is 5.74. The molecular formula is C14H18O3. The molecule has 0 spiro atoms. The van der Waals surface area contributed by atoms with Crippen LogP contribution in [-0.4, -0.2) is 12.6 Å². The molecular weight excluding hydrogens is 216 g/mol. The Morgan fingerprint density at radius 2 is 1.88 bits per heavy atom. The van der Waals surface area contributed by atoms with Gasteiger partial charge in [0.2, 0.25) is 0 Å². The summed E-state index contributed by atoms with van der Waals surface area (Å²) < 4.78 is 10.6. The summed E-state index contributed by atoms with van der Waals surface area (Å²) in [6.07, 6.45) is 4.96. The van der Waals surface area contributed by atoms with Crippen molar-refractivity contribution in [2.24, 2.45) is 0 Å². The molecule has 1 aromatic carbocycles. The van der Waals surface area contributed by atoms with Gasteiger partial charge in [-0.05, 0) is 25.5 Å². The first-order chi connectivity index (χ1) is 8.27. The topological polar surface area (TPSA) is 35.5 Å². The van der Waals surface area contributed by atoms with E-state index in [9.17, 15) is 4.79 Å². The van der Waals surface area contributed by atoms with Crippen molar-refractivity contribution in [1.82, 2.24) is 0 Å². The molecule has 3 heteroatoms. The summed E-state index contributed by atoms with van der Waals surface area (Å²) in [4.78, 5) is 11.5. The number of benzene rings is 1. The Hall–Kier alpha value is -1.77. The van der Waals surface area contributed by atoms with Gasteiger partial charge in [0.15, 0.2) is 11.5 Å². The van der Waals surface area contributed by atoms with Gasteiger partial charge in [0.25, 0.3) is 0 Å². The van der Waals surface area contributed by atoms with Crippen LogP contribution in [0.3, 0.4) is 0 Å². The quantitative estimate of drug-likeness (QED) is 0.430. The molecule has 0 fully saturated rings. The van der Waals surface area contributed by atoms with E-state index < -0.39 is 0 Å². The lowest BCUT2D eigenvalue weighted by atomic mass is 10.3. The van der Waals surface area contributed by atoms with E-state index in [1.165, 1.54) is 0 Å². The second-order valence-corrected chi connectivity index (χ2v) is 3.44. The molecule has 0 radical (unpaired) electrons. The molecule has 0 heterocycles. The number of hydrogen-bond donors (Lipinski definition) is 0. The molecule has 0 saturated carbocycles. The number of hydrogen-bond acceptors (Lipinski definition) is 3. The fourth-order valence-electron chi connectivity index (χ4n) is 1.32. The van der Waals surface area contributed by atoms with Crippen LogP contribution < -0.4 is 9.47 Å². The predicted molar refractivity (Wildman–Crippen MR) is 67.3 cm³/mol. The summed E-state index contributed by atoms with van der Waals surface area (Å²) >= 11 is 0. The van der Waals surface area contributed by atoms with Crippen molar-refractivity contribution in [3.05, 3.63) is 36.4 Å². The van der Waals surface area contributed by atoms with Gasteiger partial charge in [-0.3, -0.25) is 4.79 Å². The van der Waals surface area contributed by atoms with Crippen molar-refractivity contribution in [3.63, 3.8) is 0 Å². The van der Waals surface area contributed by atoms with Gasteiger partial charge in [0.1, 0.15) is 0 Å². The molecule has 0 bridgehead atoms. The molecule has 17 heavy (non-hydrogen) atoms. The summed E-state index contributed by atoms with van der Waals surface area (Å²) in [5, 5.41) is 0. The van der Waals surface area contributed by atoms with E-state index >= 15 is 0 Å². The van der Waals surface area contributed by atoms with Crippen molar-refractivity contribution >= 4 is 5.97 Å². The van der Waals surface area contributed by atoms with E-state index in [0.717, 1.165) is 6.42 Å². The molecule has 0 N–H and O–H groups in total. The van der Waals surface area contributed by atoms with Crippen molar-refractivity contribution in [3.8, 4) is 11.5 Å². The zero-order valence-electron chi connectivity index (χ0n) is 10.3. The van der Waals surface area contributed by atoms with Crippen LogP contribution in [0.1, 0.15) is 26.7 Å². The fourth-order valence-corrected chi connectivity index (χ4v) is 1.32. The normalized spacial score (nSPS) is 10.5. The highest BCUT2D eigenvalue weighted by Gasteiger charge is 2.07. The molecule has 0 atom stereocenters. The SMILES string of the molecule is CCC=CCC(=O)Oc1ccccc1OCC. The number of rotatable bonds is 6. The lowest BCUT2D eigenvalue weighted by Crippen LogP contribution is -2.07. The molecule has 1 aromatic rings. The second-order valence-electron chi connectivity index (χ2n) is 3.44. The minimum absolute atomic E-state index is 0.276. The summed E-state index contributed by atoms with van der Waals surface area (Å²) in [5.41, 5.74) is 0. The van der Waals surface area contributed by atoms with Crippen molar-refractivity contribution in [2.75, 3.05) is 6.61 Å². The predicted octanol–water partition coefficient (Wildman–Crippen LogP) is 3.35. The van der Waals surface area contributed by atoms with Crippen LogP contribution in [0.4, 0.5) is 0 Å². The van der Waals surface area contributed by atoms with E-state index in [0.29, 0.717) is 18.1 Å². The lowest BCUT2D eigenvalue weighted by Gasteiger charge is -2.09. The second kappa shape index (κ2) is 7.49. The summed E-state index contributed by atoms with van der Waals surface area (Å²) in [6, 6.07) is 7.17. The van der Waals surface area contributed by atoms with E-state index in [-0.39, 0.29) is 12.4 Å².